The maximum Gasteiger partial charge on any atom is 0.270 e. The number of fused-ring (bicyclic) bond motifs is 2. The second-order valence-corrected chi connectivity index (χ2v) is 10.6. The number of amides is 2. The van der Waals surface area contributed by atoms with Gasteiger partial charge in [-0.2, -0.15) is 4.99 Å². The number of piperidine rings is 1. The Morgan fingerprint density at radius 3 is 2.64 bits per heavy atom. The van der Waals surface area contributed by atoms with Crippen molar-refractivity contribution in [2.24, 2.45) is 16.8 Å². The maximum absolute atomic E-state index is 12.9. The minimum Gasteiger partial charge on any atom is -0.359 e. The molecule has 0 unspecified atom stereocenters. The molecule has 2 saturated carbocycles. The Bertz CT molecular complexity index is 804. The molecule has 1 saturated heterocycles. The van der Waals surface area contributed by atoms with E-state index in [0.29, 0.717) is 18.8 Å². The Balaban J connectivity index is 1.21. The monoisotopic (exact) mass is 400 g/mol. The van der Waals surface area contributed by atoms with Gasteiger partial charge in [0, 0.05) is 24.8 Å². The fourth-order valence-corrected chi connectivity index (χ4v) is 6.98. The summed E-state index contributed by atoms with van der Waals surface area (Å²) < 4.78 is -0.503. The van der Waals surface area contributed by atoms with Crippen LogP contribution in [0.5, 0.6) is 0 Å². The quantitative estimate of drug-likeness (QED) is 0.817. The average molecular weight is 401 g/mol. The smallest absolute Gasteiger partial charge is 0.270 e. The van der Waals surface area contributed by atoms with Gasteiger partial charge in [0.15, 0.2) is 5.17 Å². The summed E-state index contributed by atoms with van der Waals surface area (Å²) >= 11 is 1.63. The lowest BCUT2D eigenvalue weighted by Crippen LogP contribution is -2.47. The first-order valence-corrected chi connectivity index (χ1v) is 11.3. The van der Waals surface area contributed by atoms with Crippen molar-refractivity contribution in [3.63, 3.8) is 0 Å². The Morgan fingerprint density at radius 1 is 1.29 bits per heavy atom. The van der Waals surface area contributed by atoms with Crippen molar-refractivity contribution in [3.8, 4) is 0 Å². The van der Waals surface area contributed by atoms with Crippen LogP contribution in [0.1, 0.15) is 62.4 Å². The van der Waals surface area contributed by atoms with Crippen LogP contribution < -0.4 is 5.32 Å². The maximum atomic E-state index is 12.9. The molecule has 5 rings (SSSR count). The highest BCUT2D eigenvalue weighted by molar-refractivity contribution is 8.16. The molecule has 0 spiro atoms. The molecule has 4 aliphatic rings. The number of carbonyl (C=O) groups excluding carboxylic acids is 2. The lowest BCUT2D eigenvalue weighted by atomic mass is 9.84. The van der Waals surface area contributed by atoms with Crippen LogP contribution in [0.3, 0.4) is 0 Å². The van der Waals surface area contributed by atoms with Crippen molar-refractivity contribution in [2.45, 2.75) is 62.2 Å². The average Bonchev–Trinajstić information content (AvgIpc) is 3.47. The summed E-state index contributed by atoms with van der Waals surface area (Å²) in [5.41, 5.74) is 0.824. The molecular formula is C21H28N4O2S. The van der Waals surface area contributed by atoms with Crippen LogP contribution in [0.2, 0.25) is 0 Å². The summed E-state index contributed by atoms with van der Waals surface area (Å²) in [6.45, 7) is 3.44. The number of carbonyl (C=O) groups is 2. The van der Waals surface area contributed by atoms with Crippen molar-refractivity contribution < 1.29 is 9.59 Å². The molecule has 150 valence electrons. The van der Waals surface area contributed by atoms with Crippen molar-refractivity contribution in [3.05, 3.63) is 24.0 Å². The van der Waals surface area contributed by atoms with Crippen LogP contribution in [-0.2, 0) is 4.79 Å². The van der Waals surface area contributed by atoms with E-state index in [2.05, 4.69) is 22.2 Å². The van der Waals surface area contributed by atoms with Gasteiger partial charge in [-0.1, -0.05) is 11.8 Å². The van der Waals surface area contributed by atoms with Crippen molar-refractivity contribution in [2.75, 3.05) is 13.1 Å². The molecule has 1 aromatic heterocycles. The number of amidine groups is 1. The third-order valence-electron chi connectivity index (χ3n) is 7.44. The van der Waals surface area contributed by atoms with Crippen LogP contribution in [0.25, 0.3) is 0 Å². The molecule has 6 nitrogen and oxygen atoms in total. The van der Waals surface area contributed by atoms with E-state index in [0.717, 1.165) is 23.9 Å². The van der Waals surface area contributed by atoms with Crippen LogP contribution >= 0.6 is 11.8 Å². The van der Waals surface area contributed by atoms with Crippen molar-refractivity contribution >= 4 is 28.7 Å². The number of aliphatic imine (C=N–C) groups is 1. The van der Waals surface area contributed by atoms with Crippen LogP contribution in [0.4, 0.5) is 0 Å². The van der Waals surface area contributed by atoms with E-state index in [1.807, 2.05) is 17.0 Å². The van der Waals surface area contributed by atoms with Gasteiger partial charge >= 0.3 is 0 Å². The Labute approximate surface area is 169 Å². The first-order valence-electron chi connectivity index (χ1n) is 10.5. The van der Waals surface area contributed by atoms with Crippen molar-refractivity contribution in [1.82, 2.24) is 15.2 Å². The fourth-order valence-electron chi connectivity index (χ4n) is 5.64. The minimum absolute atomic E-state index is 0.00177. The van der Waals surface area contributed by atoms with E-state index in [1.54, 1.807) is 18.0 Å². The Hall–Kier alpha value is -1.76. The Kier molecular flexibility index (Phi) is 4.34. The summed E-state index contributed by atoms with van der Waals surface area (Å²) in [7, 11) is 0. The minimum atomic E-state index is -0.503. The predicted octanol–water partition coefficient (Wildman–Crippen LogP) is 3.18. The molecule has 1 aromatic rings. The van der Waals surface area contributed by atoms with Gasteiger partial charge in [-0.05, 0) is 75.8 Å². The van der Waals surface area contributed by atoms with E-state index >= 15 is 0 Å². The summed E-state index contributed by atoms with van der Waals surface area (Å²) in [5, 5.41) is 4.51. The second kappa shape index (κ2) is 6.65. The molecule has 2 aliphatic heterocycles. The van der Waals surface area contributed by atoms with Crippen LogP contribution in [0, 0.1) is 11.8 Å². The topological polar surface area (TPSA) is 77.6 Å². The summed E-state index contributed by atoms with van der Waals surface area (Å²) in [5.74, 6) is 1.16. The molecule has 3 heterocycles. The molecule has 2 N–H and O–H groups in total. The molecule has 1 atom stereocenters. The zero-order chi connectivity index (χ0) is 19.4. The zero-order valence-electron chi connectivity index (χ0n) is 16.4. The van der Waals surface area contributed by atoms with Gasteiger partial charge in [0.1, 0.15) is 10.4 Å². The molecule has 0 aromatic carbocycles. The number of H-pyrrole nitrogens is 1. The largest absolute Gasteiger partial charge is 0.359 e. The van der Waals surface area contributed by atoms with E-state index in [9.17, 15) is 9.59 Å². The molecular weight excluding hydrogens is 372 g/mol. The molecule has 2 aliphatic carbocycles. The first-order chi connectivity index (χ1) is 13.5. The highest BCUT2D eigenvalue weighted by Crippen LogP contribution is 2.50. The normalized spacial score (nSPS) is 35.5. The number of aromatic nitrogens is 1. The number of aromatic amines is 1. The molecule has 2 amide bonds. The highest BCUT2D eigenvalue weighted by atomic mass is 32.2. The van der Waals surface area contributed by atoms with Gasteiger partial charge in [0.25, 0.3) is 11.8 Å². The van der Waals surface area contributed by atoms with Gasteiger partial charge in [-0.3, -0.25) is 9.59 Å². The highest BCUT2D eigenvalue weighted by Gasteiger charge is 2.51. The van der Waals surface area contributed by atoms with Gasteiger partial charge < -0.3 is 15.2 Å². The second-order valence-electron chi connectivity index (χ2n) is 9.13. The molecule has 0 radical (unpaired) electrons. The number of rotatable bonds is 3. The molecule has 28 heavy (non-hydrogen) atoms. The Morgan fingerprint density at radius 2 is 2.04 bits per heavy atom. The number of hydrogen-bond donors (Lipinski definition) is 2. The van der Waals surface area contributed by atoms with E-state index in [4.69, 9.17) is 0 Å². The number of likely N-dealkylation sites (tertiary alicyclic amines) is 1. The summed E-state index contributed by atoms with van der Waals surface area (Å²) in [4.78, 5) is 34.7. The SMILES string of the molecule is C[C@]1(C2CCN(C(=O)c3ccc[nH]3)CC2)SC(NC23CCC(CC2)C3)=NC1=O. The predicted molar refractivity (Wildman–Crippen MR) is 110 cm³/mol. The fraction of sp³-hybridized carbons (Fsp3) is 0.667. The molecule has 7 heteroatoms. The van der Waals surface area contributed by atoms with E-state index in [1.165, 1.54) is 32.1 Å². The first kappa shape index (κ1) is 18.3. The number of nitrogens with zero attached hydrogens (tertiary/aromatic N) is 2. The van der Waals surface area contributed by atoms with Gasteiger partial charge in [0.05, 0.1) is 0 Å². The lowest BCUT2D eigenvalue weighted by molar-refractivity contribution is -0.121. The van der Waals surface area contributed by atoms with Gasteiger partial charge in [-0.25, -0.2) is 0 Å². The van der Waals surface area contributed by atoms with Gasteiger partial charge in [-0.15, -0.1) is 0 Å². The number of thioether (sulfide) groups is 1. The standard InChI is InChI=1S/C21H28N4O2S/c1-20(15-6-11-25(12-7-15)17(26)16-3-2-10-22-16)18(27)23-19(28-20)24-21-8-4-14(13-21)5-9-21/h2-3,10,14-15,22H,4-9,11-13H2,1H3,(H,23,24,27)/t14?,20-,21?/m1/s1. The van der Waals surface area contributed by atoms with Gasteiger partial charge in [0.2, 0.25) is 0 Å². The third-order valence-corrected chi connectivity index (χ3v) is 8.76. The third kappa shape index (κ3) is 2.98. The number of nitrogens with one attached hydrogen (secondary N) is 2. The van der Waals surface area contributed by atoms with E-state index < -0.39 is 4.75 Å². The molecule has 3 fully saturated rings. The summed E-state index contributed by atoms with van der Waals surface area (Å²) in [6, 6.07) is 3.66. The number of hydrogen-bond acceptors (Lipinski definition) is 4. The lowest BCUT2D eigenvalue weighted by Gasteiger charge is -2.38. The van der Waals surface area contributed by atoms with E-state index in [-0.39, 0.29) is 23.3 Å². The van der Waals surface area contributed by atoms with Crippen LogP contribution in [-0.4, -0.2) is 50.2 Å². The zero-order valence-corrected chi connectivity index (χ0v) is 17.2. The molecule has 2 bridgehead atoms. The summed E-state index contributed by atoms with van der Waals surface area (Å²) in [6.07, 6.45) is 9.74. The van der Waals surface area contributed by atoms with Crippen LogP contribution in [0.15, 0.2) is 23.3 Å². The van der Waals surface area contributed by atoms with Crippen molar-refractivity contribution in [1.29, 1.82) is 0 Å².